The first kappa shape index (κ1) is 39.4. The Morgan fingerprint density at radius 3 is 0.868 bits per heavy atom. The first-order valence-corrected chi connectivity index (χ1v) is 15.0. The maximum absolute atomic E-state index is 10.7. The first-order chi connectivity index (χ1) is 16.2. The van der Waals surface area contributed by atoms with Gasteiger partial charge in [-0.3, -0.25) is 0 Å². The molecule has 38 heavy (non-hydrogen) atoms. The third-order valence-corrected chi connectivity index (χ3v) is 8.02. The Morgan fingerprint density at radius 2 is 0.737 bits per heavy atom. The summed E-state index contributed by atoms with van der Waals surface area (Å²) < 4.78 is 121. The second-order valence-electron chi connectivity index (χ2n) is 9.41. The Labute approximate surface area is 246 Å². The molecule has 0 fully saturated rings. The van der Waals surface area contributed by atoms with Crippen LogP contribution >= 0.6 is 0 Å². The number of alkyl halides is 6. The second-order valence-corrected chi connectivity index (χ2v) is 15.2. The summed E-state index contributed by atoms with van der Waals surface area (Å²) in [4.78, 5) is 0. The van der Waals surface area contributed by atoms with Gasteiger partial charge in [0.2, 0.25) is 24.0 Å². The Morgan fingerprint density at radius 1 is 0.553 bits per heavy atom. The van der Waals surface area contributed by atoms with Crippen LogP contribution in [0.5, 0.6) is 0 Å². The second kappa shape index (κ2) is 14.3. The van der Waals surface area contributed by atoms with Crippen molar-refractivity contribution in [3.8, 4) is 0 Å². The lowest BCUT2D eigenvalue weighted by molar-refractivity contribution is -0.597. The zero-order valence-electron chi connectivity index (χ0n) is 21.0. The summed E-state index contributed by atoms with van der Waals surface area (Å²) in [5.74, 6) is 0. The van der Waals surface area contributed by atoms with Crippen LogP contribution in [-0.2, 0) is 31.1 Å². The van der Waals surface area contributed by atoms with Crippen molar-refractivity contribution in [2.75, 3.05) is 0 Å². The minimum atomic E-state index is -6.09. The van der Waals surface area contributed by atoms with Crippen molar-refractivity contribution in [1.29, 1.82) is 0 Å². The van der Waals surface area contributed by atoms with Gasteiger partial charge in [-0.2, -0.15) is 26.3 Å². The van der Waals surface area contributed by atoms with E-state index in [0.29, 0.717) is 0 Å². The molecule has 0 bridgehead atoms. The summed E-state index contributed by atoms with van der Waals surface area (Å²) >= 11 is -0.0703. The van der Waals surface area contributed by atoms with E-state index in [4.69, 9.17) is 25.9 Å². The topological polar surface area (TPSA) is 114 Å². The summed E-state index contributed by atoms with van der Waals surface area (Å²) in [6.45, 7) is 13.6. The maximum atomic E-state index is 10.7. The fourth-order valence-electron chi connectivity index (χ4n) is 2.15. The van der Waals surface area contributed by atoms with Crippen molar-refractivity contribution >= 4 is 20.2 Å². The molecule has 0 saturated heterocycles. The molecule has 0 aliphatic carbocycles. The van der Waals surface area contributed by atoms with E-state index in [9.17, 15) is 26.3 Å². The molecule has 2 aromatic carbocycles. The molecule has 0 aromatic heterocycles. The van der Waals surface area contributed by atoms with Crippen molar-refractivity contribution in [1.82, 2.24) is 0 Å². The zero-order chi connectivity index (χ0) is 29.7. The van der Waals surface area contributed by atoms with Gasteiger partial charge in [0.25, 0.3) is 0 Å². The highest BCUT2D eigenvalue weighted by Gasteiger charge is 2.37. The molecule has 0 atom stereocenters. The molecule has 2 rings (SSSR count). The third-order valence-electron chi connectivity index (χ3n) is 4.21. The van der Waals surface area contributed by atoms with Crippen LogP contribution in [-0.4, -0.2) is 37.0 Å². The molecule has 0 aliphatic rings. The van der Waals surface area contributed by atoms with Crippen LogP contribution in [0.3, 0.4) is 0 Å². The van der Waals surface area contributed by atoms with Crippen LogP contribution < -0.4 is 45.2 Å². The lowest BCUT2D eigenvalue weighted by atomic mass is 9.87. The molecule has 0 radical (unpaired) electrons. The molecule has 0 amide bonds. The summed E-state index contributed by atoms with van der Waals surface area (Å²) in [5.41, 5.74) is -7.98. The fourth-order valence-corrected chi connectivity index (χ4v) is 4.31. The average Bonchev–Trinajstić information content (AvgIpc) is 2.65. The van der Waals surface area contributed by atoms with Crippen LogP contribution in [0, 0.1) is 7.14 Å². The predicted octanol–water partition coefficient (Wildman–Crippen LogP) is -1.02. The van der Waals surface area contributed by atoms with Crippen LogP contribution in [0.4, 0.5) is 26.3 Å². The molecular weight excluding hydrogens is 792 g/mol. The van der Waals surface area contributed by atoms with Crippen LogP contribution in [0.1, 0.15) is 52.7 Å². The largest absolute Gasteiger partial charge is 0.741 e. The van der Waals surface area contributed by atoms with Gasteiger partial charge >= 0.3 is 32.2 Å². The van der Waals surface area contributed by atoms with Gasteiger partial charge in [0, 0.05) is 0 Å². The van der Waals surface area contributed by atoms with Gasteiger partial charge in [-0.1, -0.05) is 65.8 Å². The molecule has 0 aliphatic heterocycles. The normalized spacial score (nSPS) is 12.8. The van der Waals surface area contributed by atoms with Gasteiger partial charge in [0.15, 0.2) is 27.4 Å². The van der Waals surface area contributed by atoms with Gasteiger partial charge in [0.05, 0.1) is 0 Å². The van der Waals surface area contributed by atoms with Crippen LogP contribution in [0.25, 0.3) is 0 Å². The van der Waals surface area contributed by atoms with Crippen molar-refractivity contribution in [3.63, 3.8) is 0 Å². The summed E-state index contributed by atoms with van der Waals surface area (Å²) in [7, 11) is -12.2. The molecule has 2 aromatic rings. The Bertz CT molecular complexity index is 1120. The van der Waals surface area contributed by atoms with Crippen LogP contribution in [0.2, 0.25) is 0 Å². The highest BCUT2D eigenvalue weighted by atomic mass is 127. The predicted molar refractivity (Wildman–Crippen MR) is 122 cm³/mol. The number of benzene rings is 2. The summed E-state index contributed by atoms with van der Waals surface area (Å²) in [6.07, 6.45) is 0. The van der Waals surface area contributed by atoms with Gasteiger partial charge in [-0.25, -0.2) is 16.8 Å². The van der Waals surface area contributed by atoms with Crippen molar-refractivity contribution < 1.29 is 97.5 Å². The number of rotatable bonds is 2. The highest BCUT2D eigenvalue weighted by Crippen LogP contribution is 2.22. The van der Waals surface area contributed by atoms with E-state index in [2.05, 4.69) is 90.1 Å². The van der Waals surface area contributed by atoms with E-state index in [1.807, 2.05) is 0 Å². The average molecular weight is 820 g/mol. The first-order valence-electron chi connectivity index (χ1n) is 10.1. The number of hydrogen-bond donors (Lipinski definition) is 0. The Kier molecular flexibility index (Phi) is 14.8. The van der Waals surface area contributed by atoms with Crippen molar-refractivity contribution in [2.45, 2.75) is 63.4 Å². The third kappa shape index (κ3) is 14.6. The maximum Gasteiger partial charge on any atom is 0.485 e. The SMILES string of the molecule is CC(C)(C)c1ccc([I+]c2ccc(C(C)(C)C)cc2)cc1.O=S(=O)([O-])C(F)(F)F.O=S(=O)([O-])C(F)(F)F.[IH2+]. The van der Waals surface area contributed by atoms with E-state index in [1.54, 1.807) is 0 Å². The van der Waals surface area contributed by atoms with E-state index in [-0.39, 0.29) is 56.0 Å². The van der Waals surface area contributed by atoms with Gasteiger partial charge in [-0.15, -0.1) is 0 Å². The highest BCUT2D eigenvalue weighted by molar-refractivity contribution is 7.86. The van der Waals surface area contributed by atoms with Crippen LogP contribution in [0.15, 0.2) is 48.5 Å². The molecular formula is C22H28F6I2O6S2. The lowest BCUT2D eigenvalue weighted by Gasteiger charge is -2.18. The fraction of sp³-hybridized carbons (Fsp3) is 0.455. The van der Waals surface area contributed by atoms with Gasteiger partial charge in [-0.05, 0) is 46.2 Å². The van der Waals surface area contributed by atoms with E-state index in [0.717, 1.165) is 0 Å². The molecule has 0 N–H and O–H groups in total. The van der Waals surface area contributed by atoms with Crippen molar-refractivity contribution in [2.24, 2.45) is 0 Å². The summed E-state index contributed by atoms with van der Waals surface area (Å²) in [6, 6.07) is 18.4. The van der Waals surface area contributed by atoms with E-state index >= 15 is 0 Å². The lowest BCUT2D eigenvalue weighted by Crippen LogP contribution is -3.61. The molecule has 0 heterocycles. The number of hydrogen-bond acceptors (Lipinski definition) is 6. The molecule has 0 spiro atoms. The quantitative estimate of drug-likeness (QED) is 0.166. The minimum Gasteiger partial charge on any atom is -0.741 e. The van der Waals surface area contributed by atoms with Gasteiger partial charge in [0.1, 0.15) is 0 Å². The molecule has 16 heteroatoms. The van der Waals surface area contributed by atoms with Gasteiger partial charge < -0.3 is 9.11 Å². The number of halogens is 8. The smallest absolute Gasteiger partial charge is 0.485 e. The van der Waals surface area contributed by atoms with E-state index < -0.39 is 31.3 Å². The molecule has 220 valence electrons. The Balaban J connectivity index is 0. The van der Waals surface area contributed by atoms with E-state index in [1.165, 1.54) is 18.3 Å². The Hall–Kier alpha value is -0.700. The molecule has 0 unspecified atom stereocenters. The van der Waals surface area contributed by atoms with Crippen molar-refractivity contribution in [3.05, 3.63) is 66.8 Å². The molecule has 0 saturated carbocycles. The minimum absolute atomic E-state index is 0. The summed E-state index contributed by atoms with van der Waals surface area (Å²) in [5, 5.41) is 0. The standard InChI is InChI=1S/C20H26I.2CHF3O3S.H2I/c1-19(2,3)15-7-11-17(12-8-15)21-18-13-9-16(10-14-18)20(4,5)6;2*2-1(3,4)8(5,6)7;/h7-14H,1-6H3;2*(H,5,6,7);1H2/q+1;;;+1/p-2. The zero-order valence-corrected chi connectivity index (χ0v) is 27.3. The monoisotopic (exact) mass is 820 g/mol. The molecule has 6 nitrogen and oxygen atoms in total.